The zero-order chi connectivity index (χ0) is 22.7. The average Bonchev–Trinajstić information content (AvgIpc) is 3.22. The van der Waals surface area contributed by atoms with Gasteiger partial charge in [-0.3, -0.25) is 4.98 Å². The Morgan fingerprint density at radius 1 is 1.03 bits per heavy atom. The van der Waals surface area contributed by atoms with Crippen molar-refractivity contribution in [2.24, 2.45) is 0 Å². The third kappa shape index (κ3) is 4.34. The highest BCUT2D eigenvalue weighted by atomic mass is 35.5. The molecular formula is C22H17ClN4O4S. The zero-order valence-electron chi connectivity index (χ0n) is 17.0. The molecule has 0 atom stereocenters. The van der Waals surface area contributed by atoms with Crippen molar-refractivity contribution in [3.8, 4) is 16.3 Å². The summed E-state index contributed by atoms with van der Waals surface area (Å²) in [5.74, 6) is -0.163. The van der Waals surface area contributed by atoms with Crippen LogP contribution in [0.3, 0.4) is 0 Å². The quantitative estimate of drug-likeness (QED) is 0.377. The minimum Gasteiger partial charge on any atom is -0.481 e. The molecule has 3 heterocycles. The van der Waals surface area contributed by atoms with E-state index >= 15 is 0 Å². The van der Waals surface area contributed by atoms with Gasteiger partial charge in [-0.15, -0.1) is 11.3 Å². The zero-order valence-corrected chi connectivity index (χ0v) is 18.6. The summed E-state index contributed by atoms with van der Waals surface area (Å²) in [6, 6.07) is 11.8. The van der Waals surface area contributed by atoms with E-state index in [4.69, 9.17) is 21.1 Å². The molecule has 0 aliphatic rings. The number of hydrogen-bond acceptors (Lipinski definition) is 7. The number of fused-ring (bicyclic) bond motifs is 1. The second-order valence-corrected chi connectivity index (χ2v) is 7.98. The maximum atomic E-state index is 12.8. The summed E-state index contributed by atoms with van der Waals surface area (Å²) in [6.07, 6.45) is 3.12. The molecule has 0 spiro atoms. The predicted molar refractivity (Wildman–Crippen MR) is 125 cm³/mol. The molecule has 3 aromatic heterocycles. The standard InChI is InChI=1S/C22H17ClN4O4S/c1-30-18-8-7-12-10-24-11-16(19(12)27-18)26-22(29)25-15-9-17(32-20(15)21(28)31-2)13-5-3-4-6-14(13)23/h3-11H,1-2H3,(H2,25,26,29). The fourth-order valence-electron chi connectivity index (χ4n) is 3.03. The first kappa shape index (κ1) is 21.5. The van der Waals surface area contributed by atoms with Gasteiger partial charge < -0.3 is 20.1 Å². The average molecular weight is 469 g/mol. The Labute approximate surface area is 192 Å². The molecular weight excluding hydrogens is 452 g/mol. The molecule has 0 saturated heterocycles. The number of urea groups is 1. The Morgan fingerprint density at radius 3 is 2.56 bits per heavy atom. The third-order valence-corrected chi connectivity index (χ3v) is 6.00. The van der Waals surface area contributed by atoms with Gasteiger partial charge in [0.15, 0.2) is 0 Å². The topological polar surface area (TPSA) is 102 Å². The van der Waals surface area contributed by atoms with Crippen LogP contribution in [0.4, 0.5) is 16.2 Å². The number of benzene rings is 1. The summed E-state index contributed by atoms with van der Waals surface area (Å²) in [5, 5.41) is 6.69. The molecule has 0 aliphatic carbocycles. The van der Waals surface area contributed by atoms with Gasteiger partial charge in [0.1, 0.15) is 10.4 Å². The second-order valence-electron chi connectivity index (χ2n) is 6.52. The minimum absolute atomic E-state index is 0.244. The fraction of sp³-hybridized carbons (Fsp3) is 0.0909. The van der Waals surface area contributed by atoms with E-state index in [2.05, 4.69) is 20.6 Å². The van der Waals surface area contributed by atoms with Gasteiger partial charge in [-0.05, 0) is 18.2 Å². The van der Waals surface area contributed by atoms with Gasteiger partial charge in [-0.25, -0.2) is 14.6 Å². The molecule has 2 amide bonds. The van der Waals surface area contributed by atoms with Gasteiger partial charge in [0.25, 0.3) is 0 Å². The Bertz CT molecular complexity index is 1320. The van der Waals surface area contributed by atoms with Crippen LogP contribution >= 0.6 is 22.9 Å². The predicted octanol–water partition coefficient (Wildman–Crippen LogP) is 5.45. The highest BCUT2D eigenvalue weighted by Gasteiger charge is 2.21. The molecule has 0 aliphatic heterocycles. The van der Waals surface area contributed by atoms with E-state index in [1.807, 2.05) is 18.2 Å². The summed E-state index contributed by atoms with van der Waals surface area (Å²) in [6.45, 7) is 0. The molecule has 1 aromatic carbocycles. The monoisotopic (exact) mass is 468 g/mol. The Morgan fingerprint density at radius 2 is 1.81 bits per heavy atom. The van der Waals surface area contributed by atoms with E-state index < -0.39 is 12.0 Å². The van der Waals surface area contributed by atoms with E-state index in [1.165, 1.54) is 31.8 Å². The van der Waals surface area contributed by atoms with E-state index in [0.717, 1.165) is 10.9 Å². The molecule has 0 radical (unpaired) electrons. The summed E-state index contributed by atoms with van der Waals surface area (Å²) in [7, 11) is 2.79. The van der Waals surface area contributed by atoms with Gasteiger partial charge in [-0.1, -0.05) is 29.8 Å². The van der Waals surface area contributed by atoms with Crippen molar-refractivity contribution in [1.82, 2.24) is 9.97 Å². The van der Waals surface area contributed by atoms with Gasteiger partial charge in [0, 0.05) is 33.1 Å². The van der Waals surface area contributed by atoms with Crippen molar-refractivity contribution in [3.05, 3.63) is 64.8 Å². The van der Waals surface area contributed by atoms with Crippen LogP contribution in [0.2, 0.25) is 5.02 Å². The molecule has 0 unspecified atom stereocenters. The first-order chi connectivity index (χ1) is 15.5. The van der Waals surface area contributed by atoms with Crippen LogP contribution in [0.5, 0.6) is 5.88 Å². The van der Waals surface area contributed by atoms with Gasteiger partial charge >= 0.3 is 12.0 Å². The maximum Gasteiger partial charge on any atom is 0.350 e. The van der Waals surface area contributed by atoms with E-state index in [0.29, 0.717) is 32.7 Å². The first-order valence-corrected chi connectivity index (χ1v) is 10.5. The minimum atomic E-state index is -0.572. The molecule has 2 N–H and O–H groups in total. The lowest BCUT2D eigenvalue weighted by atomic mass is 10.2. The molecule has 0 bridgehead atoms. The van der Waals surface area contributed by atoms with E-state index in [9.17, 15) is 9.59 Å². The Balaban J connectivity index is 1.64. The van der Waals surface area contributed by atoms with Crippen molar-refractivity contribution in [2.75, 3.05) is 24.9 Å². The van der Waals surface area contributed by atoms with Crippen molar-refractivity contribution in [2.45, 2.75) is 0 Å². The molecule has 8 nitrogen and oxygen atoms in total. The third-order valence-electron chi connectivity index (χ3n) is 4.52. The summed E-state index contributed by atoms with van der Waals surface area (Å²) >= 11 is 7.47. The van der Waals surface area contributed by atoms with Crippen molar-refractivity contribution in [1.29, 1.82) is 0 Å². The van der Waals surface area contributed by atoms with Gasteiger partial charge in [0.2, 0.25) is 5.88 Å². The molecule has 0 saturated carbocycles. The number of esters is 1. The number of ether oxygens (including phenoxy) is 2. The number of pyridine rings is 2. The van der Waals surface area contributed by atoms with Crippen LogP contribution in [0.25, 0.3) is 21.3 Å². The highest BCUT2D eigenvalue weighted by Crippen LogP contribution is 2.38. The van der Waals surface area contributed by atoms with Crippen LogP contribution in [0, 0.1) is 0 Å². The van der Waals surface area contributed by atoms with Crippen molar-refractivity contribution < 1.29 is 19.1 Å². The number of nitrogens with zero attached hydrogens (tertiary/aromatic N) is 2. The molecule has 32 heavy (non-hydrogen) atoms. The normalized spacial score (nSPS) is 10.6. The lowest BCUT2D eigenvalue weighted by Gasteiger charge is -2.10. The summed E-state index contributed by atoms with van der Waals surface area (Å²) < 4.78 is 10.0. The van der Waals surface area contributed by atoms with Gasteiger partial charge in [-0.2, -0.15) is 0 Å². The number of carbonyl (C=O) groups is 2. The van der Waals surface area contributed by atoms with Gasteiger partial charge in [0.05, 0.1) is 31.8 Å². The van der Waals surface area contributed by atoms with Crippen LogP contribution in [-0.2, 0) is 4.74 Å². The van der Waals surface area contributed by atoms with Crippen LogP contribution in [0.15, 0.2) is 54.9 Å². The fourth-order valence-corrected chi connectivity index (χ4v) is 4.39. The highest BCUT2D eigenvalue weighted by molar-refractivity contribution is 7.18. The molecule has 4 aromatic rings. The number of hydrogen-bond donors (Lipinski definition) is 2. The smallest absolute Gasteiger partial charge is 0.350 e. The molecule has 4 rings (SSSR count). The number of nitrogens with one attached hydrogen (secondary N) is 2. The van der Waals surface area contributed by atoms with E-state index in [1.54, 1.807) is 30.5 Å². The first-order valence-electron chi connectivity index (χ1n) is 9.34. The van der Waals surface area contributed by atoms with Crippen LogP contribution in [-0.4, -0.2) is 36.2 Å². The summed E-state index contributed by atoms with van der Waals surface area (Å²) in [5.41, 5.74) is 1.95. The largest absolute Gasteiger partial charge is 0.481 e. The lowest BCUT2D eigenvalue weighted by Crippen LogP contribution is -2.20. The molecule has 162 valence electrons. The number of methoxy groups -OCH3 is 2. The molecule has 0 fully saturated rings. The lowest BCUT2D eigenvalue weighted by molar-refractivity contribution is 0.0607. The Hall–Kier alpha value is -3.69. The number of carbonyl (C=O) groups excluding carboxylic acids is 2. The Kier molecular flexibility index (Phi) is 6.20. The number of halogens is 1. The van der Waals surface area contributed by atoms with Crippen molar-refractivity contribution in [3.63, 3.8) is 0 Å². The summed E-state index contributed by atoms with van der Waals surface area (Å²) in [4.78, 5) is 34.5. The number of anilines is 2. The maximum absolute atomic E-state index is 12.8. The second kappa shape index (κ2) is 9.21. The molecule has 10 heteroatoms. The number of rotatable bonds is 5. The SMILES string of the molecule is COC(=O)c1sc(-c2ccccc2Cl)cc1NC(=O)Nc1cncc2ccc(OC)nc12. The van der Waals surface area contributed by atoms with Crippen LogP contribution in [0.1, 0.15) is 9.67 Å². The van der Waals surface area contributed by atoms with E-state index in [-0.39, 0.29) is 4.88 Å². The number of aromatic nitrogens is 2. The number of thiophene rings is 1. The van der Waals surface area contributed by atoms with Crippen molar-refractivity contribution >= 4 is 57.2 Å². The number of amides is 2. The van der Waals surface area contributed by atoms with Crippen LogP contribution < -0.4 is 15.4 Å².